The van der Waals surface area contributed by atoms with Crippen molar-refractivity contribution in [3.63, 3.8) is 0 Å². The number of alkyl halides is 2. The van der Waals surface area contributed by atoms with Crippen molar-refractivity contribution in [2.75, 3.05) is 7.11 Å². The molecule has 0 amide bonds. The normalized spacial score (nSPS) is 22.2. The van der Waals surface area contributed by atoms with Crippen LogP contribution in [-0.2, 0) is 20.4 Å². The summed E-state index contributed by atoms with van der Waals surface area (Å²) in [5, 5.41) is 3.30. The van der Waals surface area contributed by atoms with Gasteiger partial charge in [-0.3, -0.25) is 4.21 Å². The Kier molecular flexibility index (Phi) is 6.58. The van der Waals surface area contributed by atoms with Gasteiger partial charge in [0.05, 0.1) is 10.8 Å². The van der Waals surface area contributed by atoms with Crippen LogP contribution in [0.3, 0.4) is 0 Å². The number of aryl methyl sites for hydroxylation is 1. The molecular formula is C21H21Cl2F2NO3S. The summed E-state index contributed by atoms with van der Waals surface area (Å²) >= 11 is 12.9. The van der Waals surface area contributed by atoms with E-state index in [0.717, 1.165) is 12.7 Å². The van der Waals surface area contributed by atoms with Gasteiger partial charge in [-0.2, -0.15) is 0 Å². The standard InChI is InChI=1S/C21H21Cl2F2NO3S/c1-10-6-8-14(9-7-10)30(27)19-18(26-29-21(19,28-5)20(24)25)15-11(2)16(22)13(4)17(23)12(15)3/h6-9,19-20H,1-5H3/t19-,21-,30-/m0/s1. The third-order valence-corrected chi connectivity index (χ3v) is 8.16. The van der Waals surface area contributed by atoms with Crippen molar-refractivity contribution in [2.24, 2.45) is 5.16 Å². The Bertz CT molecular complexity index is 1010. The lowest BCUT2D eigenvalue weighted by Gasteiger charge is -2.30. The second-order valence-corrected chi connectivity index (χ2v) is 9.46. The third-order valence-electron chi connectivity index (χ3n) is 5.31. The van der Waals surface area contributed by atoms with Crippen molar-refractivity contribution in [2.45, 2.75) is 50.1 Å². The lowest BCUT2D eigenvalue weighted by atomic mass is 9.92. The Morgan fingerprint density at radius 1 is 1.07 bits per heavy atom. The van der Waals surface area contributed by atoms with Crippen LogP contribution in [0.15, 0.2) is 34.3 Å². The summed E-state index contributed by atoms with van der Waals surface area (Å²) in [6, 6.07) is 6.77. The second-order valence-electron chi connectivity index (χ2n) is 7.16. The van der Waals surface area contributed by atoms with Crippen LogP contribution in [0.5, 0.6) is 0 Å². The van der Waals surface area contributed by atoms with Crippen LogP contribution in [-0.4, -0.2) is 34.5 Å². The largest absolute Gasteiger partial charge is 0.352 e. The van der Waals surface area contributed by atoms with Gasteiger partial charge in [0.15, 0.2) is 5.25 Å². The van der Waals surface area contributed by atoms with E-state index in [1.165, 1.54) is 0 Å². The zero-order chi connectivity index (χ0) is 22.4. The van der Waals surface area contributed by atoms with E-state index in [0.29, 0.717) is 37.2 Å². The molecule has 1 aliphatic heterocycles. The molecule has 0 unspecified atom stereocenters. The van der Waals surface area contributed by atoms with E-state index in [1.807, 2.05) is 6.92 Å². The minimum atomic E-state index is -3.11. The molecule has 0 radical (unpaired) electrons. The molecular weight excluding hydrogens is 455 g/mol. The molecule has 3 atom stereocenters. The minimum absolute atomic E-state index is 0.0647. The fraction of sp³-hybridized carbons (Fsp3) is 0.381. The van der Waals surface area contributed by atoms with Crippen LogP contribution in [0.1, 0.15) is 27.8 Å². The molecule has 3 rings (SSSR count). The molecule has 4 nitrogen and oxygen atoms in total. The van der Waals surface area contributed by atoms with Crippen LogP contribution >= 0.6 is 23.2 Å². The average molecular weight is 476 g/mol. The first-order valence-electron chi connectivity index (χ1n) is 9.08. The summed E-state index contributed by atoms with van der Waals surface area (Å²) < 4.78 is 47.0. The highest BCUT2D eigenvalue weighted by Gasteiger charge is 2.60. The number of methoxy groups -OCH3 is 1. The van der Waals surface area contributed by atoms with Crippen LogP contribution in [0, 0.1) is 27.7 Å². The smallest absolute Gasteiger partial charge is 0.318 e. The molecule has 1 aliphatic rings. The predicted octanol–water partition coefficient (Wildman–Crippen LogP) is 5.75. The van der Waals surface area contributed by atoms with Gasteiger partial charge in [-0.15, -0.1) is 0 Å². The zero-order valence-electron chi connectivity index (χ0n) is 17.1. The van der Waals surface area contributed by atoms with Crippen LogP contribution in [0.25, 0.3) is 0 Å². The number of hydrogen-bond donors (Lipinski definition) is 0. The van der Waals surface area contributed by atoms with E-state index in [4.69, 9.17) is 32.8 Å². The summed E-state index contributed by atoms with van der Waals surface area (Å²) in [5.41, 5.74) is 3.29. The summed E-state index contributed by atoms with van der Waals surface area (Å²) in [5.74, 6) is -2.51. The fourth-order valence-corrected chi connectivity index (χ4v) is 5.58. The lowest BCUT2D eigenvalue weighted by molar-refractivity contribution is -0.266. The molecule has 2 aromatic carbocycles. The molecule has 0 aromatic heterocycles. The molecule has 2 aromatic rings. The topological polar surface area (TPSA) is 47.9 Å². The van der Waals surface area contributed by atoms with Crippen LogP contribution < -0.4 is 0 Å². The van der Waals surface area contributed by atoms with Crippen molar-refractivity contribution in [3.8, 4) is 0 Å². The van der Waals surface area contributed by atoms with Gasteiger partial charge < -0.3 is 9.57 Å². The van der Waals surface area contributed by atoms with Gasteiger partial charge in [0.1, 0.15) is 5.71 Å². The molecule has 162 valence electrons. The minimum Gasteiger partial charge on any atom is -0.352 e. The number of nitrogens with zero attached hydrogens (tertiary/aromatic N) is 1. The first-order chi connectivity index (χ1) is 14.1. The second kappa shape index (κ2) is 8.54. The van der Waals surface area contributed by atoms with Crippen LogP contribution in [0.4, 0.5) is 8.78 Å². The number of halogens is 4. The Labute approximate surface area is 186 Å². The van der Waals surface area contributed by atoms with E-state index in [1.54, 1.807) is 45.0 Å². The maximum Gasteiger partial charge on any atom is 0.318 e. The van der Waals surface area contributed by atoms with Crippen molar-refractivity contribution >= 4 is 39.7 Å². The van der Waals surface area contributed by atoms with Crippen molar-refractivity contribution in [1.82, 2.24) is 0 Å². The lowest BCUT2D eigenvalue weighted by Crippen LogP contribution is -2.53. The molecule has 0 N–H and O–H groups in total. The van der Waals surface area contributed by atoms with E-state index in [2.05, 4.69) is 5.16 Å². The molecule has 0 bridgehead atoms. The summed E-state index contributed by atoms with van der Waals surface area (Å²) in [7, 11) is -0.887. The van der Waals surface area contributed by atoms with Crippen LogP contribution in [0.2, 0.25) is 10.0 Å². The van der Waals surface area contributed by atoms with Gasteiger partial charge in [0.25, 0.3) is 0 Å². The molecule has 0 fully saturated rings. The highest BCUT2D eigenvalue weighted by molar-refractivity contribution is 7.86. The van der Waals surface area contributed by atoms with E-state index < -0.39 is 28.3 Å². The van der Waals surface area contributed by atoms with Crippen molar-refractivity contribution in [3.05, 3.63) is 62.1 Å². The maximum atomic E-state index is 14.2. The van der Waals surface area contributed by atoms with Gasteiger partial charge in [0, 0.05) is 27.6 Å². The molecule has 0 saturated carbocycles. The summed E-state index contributed by atoms with van der Waals surface area (Å²) in [4.78, 5) is 5.51. The quantitative estimate of drug-likeness (QED) is 0.553. The molecule has 1 heterocycles. The van der Waals surface area contributed by atoms with Gasteiger partial charge in [-0.05, 0) is 56.5 Å². The maximum absolute atomic E-state index is 14.2. The number of hydrogen-bond acceptors (Lipinski definition) is 4. The Morgan fingerprint density at radius 3 is 2.07 bits per heavy atom. The highest BCUT2D eigenvalue weighted by atomic mass is 35.5. The third kappa shape index (κ3) is 3.55. The molecule has 0 spiro atoms. The van der Waals surface area contributed by atoms with Gasteiger partial charge in [-0.1, -0.05) is 46.1 Å². The van der Waals surface area contributed by atoms with Crippen molar-refractivity contribution < 1.29 is 22.6 Å². The van der Waals surface area contributed by atoms with E-state index in [-0.39, 0.29) is 5.71 Å². The monoisotopic (exact) mass is 475 g/mol. The Hall–Kier alpha value is -1.54. The number of benzene rings is 2. The molecule has 0 aliphatic carbocycles. The molecule has 9 heteroatoms. The predicted molar refractivity (Wildman–Crippen MR) is 115 cm³/mol. The first kappa shape index (κ1) is 23.1. The highest BCUT2D eigenvalue weighted by Crippen LogP contribution is 2.42. The first-order valence-corrected chi connectivity index (χ1v) is 11.0. The number of oxime groups is 1. The van der Waals surface area contributed by atoms with Gasteiger partial charge in [0.2, 0.25) is 0 Å². The molecule has 0 saturated heterocycles. The zero-order valence-corrected chi connectivity index (χ0v) is 19.4. The van der Waals surface area contributed by atoms with Gasteiger partial charge in [-0.25, -0.2) is 8.78 Å². The molecule has 30 heavy (non-hydrogen) atoms. The van der Waals surface area contributed by atoms with Crippen molar-refractivity contribution in [1.29, 1.82) is 0 Å². The Balaban J connectivity index is 2.25. The van der Waals surface area contributed by atoms with E-state index in [9.17, 15) is 13.0 Å². The average Bonchev–Trinajstić information content (AvgIpc) is 3.11. The number of rotatable bonds is 5. The van der Waals surface area contributed by atoms with E-state index >= 15 is 0 Å². The summed E-state index contributed by atoms with van der Waals surface area (Å²) in [6.45, 7) is 7.11. The van der Waals surface area contributed by atoms with Gasteiger partial charge >= 0.3 is 12.2 Å². The SMILES string of the molecule is CO[C@]1(C(F)F)ON=C(c2c(C)c(Cl)c(C)c(Cl)c2C)[C@@H]1[S@@](=O)c1ccc(C)cc1. The number of ether oxygens (including phenoxy) is 1. The summed E-state index contributed by atoms with van der Waals surface area (Å²) in [6.07, 6.45) is -3.11. The Morgan fingerprint density at radius 2 is 1.60 bits per heavy atom. The fourth-order valence-electron chi connectivity index (χ4n) is 3.57.